The van der Waals surface area contributed by atoms with Crippen molar-refractivity contribution >= 4 is 23.9 Å². The molecule has 0 saturated carbocycles. The third kappa shape index (κ3) is 74.2. The summed E-state index contributed by atoms with van der Waals surface area (Å²) < 4.78 is 0. The molecule has 0 aliphatic rings. The minimum Gasteiger partial charge on any atom is -0.550 e. The molecule has 0 aromatic carbocycles. The minimum absolute atomic E-state index is 0. The Kier molecular flexibility index (Phi) is 66.5. The summed E-state index contributed by atoms with van der Waals surface area (Å²) in [5.74, 6) is -5.47. The van der Waals surface area contributed by atoms with Crippen molar-refractivity contribution in [3.05, 3.63) is 0 Å². The molecule has 0 aromatic rings. The van der Waals surface area contributed by atoms with Crippen LogP contribution in [-0.4, -0.2) is 50.1 Å². The number of nitrogens with two attached hydrogens (primary N) is 2. The number of carboxylic acid groups (broad SMARTS) is 4. The van der Waals surface area contributed by atoms with Crippen LogP contribution in [0.25, 0.3) is 0 Å². The van der Waals surface area contributed by atoms with Crippen molar-refractivity contribution in [2.24, 2.45) is 11.5 Å². The third-order valence-corrected chi connectivity index (χ3v) is 1.71. The van der Waals surface area contributed by atoms with Crippen LogP contribution < -0.4 is 155 Å². The molecule has 0 heterocycles. The van der Waals surface area contributed by atoms with E-state index in [4.69, 9.17) is 11.5 Å². The van der Waals surface area contributed by atoms with E-state index in [1.165, 1.54) is 0 Å². The normalized spacial score (nSPS) is 7.48. The zero-order valence-electron chi connectivity index (χ0n) is 16.6. The maximum absolute atomic E-state index is 9.50. The number of nitrogens with one attached hydrogen (secondary N) is 1. The van der Waals surface area contributed by atoms with Crippen molar-refractivity contribution in [2.75, 3.05) is 26.2 Å². The standard InChI is InChI=1S/C4H13N3.2C4H6O4.4Na/c5-1-3-7-4-2-6;2*5-3(6)1-2-4(7)8;;;;/h7H,1-6H2;2*1-2H2,(H,5,6)(H,7,8);;;;/q;;;4*+1/p-4. The largest absolute Gasteiger partial charge is 1.00 e. The van der Waals surface area contributed by atoms with Crippen LogP contribution in [-0.2, 0) is 19.2 Å². The SMILES string of the molecule is NCCNCCN.O=C([O-])CCC(=O)[O-].O=C([O-])CCC(=O)[O-].[Na+].[Na+].[Na+].[Na+]. The van der Waals surface area contributed by atoms with Gasteiger partial charge in [-0.25, -0.2) is 0 Å². The van der Waals surface area contributed by atoms with Gasteiger partial charge in [-0.15, -0.1) is 0 Å². The van der Waals surface area contributed by atoms with Crippen LogP contribution in [0.2, 0.25) is 0 Å². The number of aliphatic carboxylic acids is 4. The Morgan fingerprint density at radius 2 is 0.741 bits per heavy atom. The van der Waals surface area contributed by atoms with Crippen LogP contribution in [0.15, 0.2) is 0 Å². The molecule has 5 N–H and O–H groups in total. The van der Waals surface area contributed by atoms with Crippen LogP contribution >= 0.6 is 0 Å². The van der Waals surface area contributed by atoms with Gasteiger partial charge in [0.25, 0.3) is 0 Å². The van der Waals surface area contributed by atoms with Gasteiger partial charge in [0.2, 0.25) is 0 Å². The van der Waals surface area contributed by atoms with Crippen LogP contribution in [0.5, 0.6) is 0 Å². The third-order valence-electron chi connectivity index (χ3n) is 1.71. The topological polar surface area (TPSA) is 225 Å². The first-order valence-electron chi connectivity index (χ1n) is 6.57. The molecule has 27 heavy (non-hydrogen) atoms. The molecule has 136 valence electrons. The predicted octanol–water partition coefficient (Wildman–Crippen LogP) is -19.0. The first-order valence-corrected chi connectivity index (χ1v) is 6.57. The molecule has 0 unspecified atom stereocenters. The molecule has 15 heteroatoms. The first-order chi connectivity index (χ1) is 10.7. The fourth-order valence-electron chi connectivity index (χ4n) is 0.737. The number of hydrogen-bond donors (Lipinski definition) is 3. The summed E-state index contributed by atoms with van der Waals surface area (Å²) in [5.41, 5.74) is 10.3. The second-order valence-electron chi connectivity index (χ2n) is 3.82. The summed E-state index contributed by atoms with van der Waals surface area (Å²) in [6, 6.07) is 0. The van der Waals surface area contributed by atoms with E-state index < -0.39 is 49.6 Å². The average molecular weight is 427 g/mol. The molecule has 0 rings (SSSR count). The van der Waals surface area contributed by atoms with Crippen molar-refractivity contribution in [3.8, 4) is 0 Å². The maximum atomic E-state index is 9.50. The molecule has 0 aromatic heterocycles. The zero-order chi connectivity index (χ0) is 18.7. The van der Waals surface area contributed by atoms with Crippen molar-refractivity contribution in [3.63, 3.8) is 0 Å². The van der Waals surface area contributed by atoms with E-state index in [1.54, 1.807) is 0 Å². The molecule has 0 radical (unpaired) electrons. The maximum Gasteiger partial charge on any atom is 1.00 e. The summed E-state index contributed by atoms with van der Waals surface area (Å²) in [4.78, 5) is 38.0. The van der Waals surface area contributed by atoms with Crippen molar-refractivity contribution in [2.45, 2.75) is 25.7 Å². The predicted molar refractivity (Wildman–Crippen MR) is 69.5 cm³/mol. The van der Waals surface area contributed by atoms with Gasteiger partial charge >= 0.3 is 118 Å². The van der Waals surface area contributed by atoms with E-state index in [1.807, 2.05) is 0 Å². The van der Waals surface area contributed by atoms with Gasteiger partial charge in [-0.2, -0.15) is 0 Å². The van der Waals surface area contributed by atoms with Crippen LogP contribution in [0, 0.1) is 0 Å². The molecule has 0 fully saturated rings. The Hall–Kier alpha value is 1.76. The van der Waals surface area contributed by atoms with E-state index in [9.17, 15) is 39.6 Å². The smallest absolute Gasteiger partial charge is 0.550 e. The number of carbonyl (C=O) groups is 4. The van der Waals surface area contributed by atoms with Gasteiger partial charge in [0.1, 0.15) is 0 Å². The quantitative estimate of drug-likeness (QED) is 0.219. The molecule has 0 atom stereocenters. The molecule has 0 bridgehead atoms. The van der Waals surface area contributed by atoms with Gasteiger partial charge in [-0.3, -0.25) is 0 Å². The fraction of sp³-hybridized carbons (Fsp3) is 0.667. The molecule has 0 amide bonds. The number of rotatable bonds is 10. The van der Waals surface area contributed by atoms with E-state index >= 15 is 0 Å². The second-order valence-corrected chi connectivity index (χ2v) is 3.82. The van der Waals surface area contributed by atoms with Gasteiger partial charge in [0.05, 0.1) is 0 Å². The first kappa shape index (κ1) is 46.8. The number of carboxylic acids is 4. The van der Waals surface area contributed by atoms with Gasteiger partial charge in [0.15, 0.2) is 0 Å². The molecule has 0 spiro atoms. The minimum atomic E-state index is -1.37. The number of hydrogen-bond acceptors (Lipinski definition) is 11. The van der Waals surface area contributed by atoms with E-state index in [0.29, 0.717) is 13.1 Å². The molecule has 0 aliphatic heterocycles. The summed E-state index contributed by atoms with van der Waals surface area (Å²) >= 11 is 0. The van der Waals surface area contributed by atoms with E-state index in [-0.39, 0.29) is 118 Å². The summed E-state index contributed by atoms with van der Waals surface area (Å²) in [5, 5.41) is 41.0. The summed E-state index contributed by atoms with van der Waals surface area (Å²) in [7, 11) is 0. The Morgan fingerprint density at radius 3 is 0.852 bits per heavy atom. The zero-order valence-corrected chi connectivity index (χ0v) is 24.6. The van der Waals surface area contributed by atoms with E-state index in [2.05, 4.69) is 5.32 Å². The van der Waals surface area contributed by atoms with Crippen LogP contribution in [0.4, 0.5) is 0 Å². The fourth-order valence-corrected chi connectivity index (χ4v) is 0.737. The van der Waals surface area contributed by atoms with Crippen LogP contribution in [0.1, 0.15) is 25.7 Å². The average Bonchev–Trinajstić information content (AvgIpc) is 2.45. The molecule has 0 aliphatic carbocycles. The summed E-state index contributed by atoms with van der Waals surface area (Å²) in [6.07, 6.45) is -1.88. The molecule has 0 saturated heterocycles. The van der Waals surface area contributed by atoms with Crippen LogP contribution in [0.3, 0.4) is 0 Å². The Bertz CT molecular complexity index is 306. The molecular formula is C12H21N3Na4O8. The monoisotopic (exact) mass is 427 g/mol. The van der Waals surface area contributed by atoms with Crippen molar-refractivity contribution in [1.29, 1.82) is 0 Å². The Balaban J connectivity index is -0.0000000415. The van der Waals surface area contributed by atoms with Gasteiger partial charge in [-0.05, 0) is 25.7 Å². The second kappa shape index (κ2) is 38.4. The summed E-state index contributed by atoms with van der Waals surface area (Å²) in [6.45, 7) is 3.13. The number of carbonyl (C=O) groups excluding carboxylic acids is 4. The van der Waals surface area contributed by atoms with E-state index in [0.717, 1.165) is 13.1 Å². The van der Waals surface area contributed by atoms with Crippen molar-refractivity contribution < 1.29 is 158 Å². The van der Waals surface area contributed by atoms with Gasteiger partial charge in [0, 0.05) is 50.1 Å². The Labute approximate surface area is 246 Å². The molecule has 11 nitrogen and oxygen atoms in total. The Morgan fingerprint density at radius 1 is 0.556 bits per heavy atom. The molecular weight excluding hydrogens is 406 g/mol. The van der Waals surface area contributed by atoms with Crippen molar-refractivity contribution in [1.82, 2.24) is 5.32 Å². The van der Waals surface area contributed by atoms with Gasteiger partial charge < -0.3 is 56.4 Å². The van der Waals surface area contributed by atoms with Gasteiger partial charge in [-0.1, -0.05) is 0 Å².